The molecule has 2 heterocycles. The molecule has 0 unspecified atom stereocenters. The molecule has 2 aromatic rings. The summed E-state index contributed by atoms with van der Waals surface area (Å²) in [6.07, 6.45) is -0.297. The van der Waals surface area contributed by atoms with Gasteiger partial charge in [-0.05, 0) is 39.8 Å². The molecule has 0 bridgehead atoms. The zero-order chi connectivity index (χ0) is 18.4. The zero-order valence-electron chi connectivity index (χ0n) is 14.5. The Morgan fingerprint density at radius 1 is 1.32 bits per heavy atom. The Morgan fingerprint density at radius 3 is 2.72 bits per heavy atom. The van der Waals surface area contributed by atoms with Gasteiger partial charge in [-0.3, -0.25) is 0 Å². The number of rotatable bonds is 2. The van der Waals surface area contributed by atoms with Gasteiger partial charge in [0.05, 0.1) is 0 Å². The molecule has 0 amide bonds. The van der Waals surface area contributed by atoms with Crippen LogP contribution in [0.2, 0.25) is 0 Å². The van der Waals surface area contributed by atoms with Gasteiger partial charge in [0.15, 0.2) is 6.10 Å². The average Bonchev–Trinajstić information content (AvgIpc) is 2.56. The van der Waals surface area contributed by atoms with Crippen molar-refractivity contribution in [3.05, 3.63) is 51.9 Å². The molecular weight excluding hydrogens is 324 g/mol. The van der Waals surface area contributed by atoms with Crippen molar-refractivity contribution >= 4 is 16.9 Å². The van der Waals surface area contributed by atoms with Gasteiger partial charge in [0, 0.05) is 28.7 Å². The molecule has 6 heteroatoms. The molecule has 25 heavy (non-hydrogen) atoms. The maximum atomic E-state index is 12.2. The number of aliphatic hydroxyl groups is 1. The van der Waals surface area contributed by atoms with Crippen molar-refractivity contribution in [2.24, 2.45) is 0 Å². The third-order valence-electron chi connectivity index (χ3n) is 4.42. The van der Waals surface area contributed by atoms with Crippen LogP contribution in [-0.4, -0.2) is 22.8 Å². The van der Waals surface area contributed by atoms with Gasteiger partial charge in [-0.1, -0.05) is 6.08 Å². The minimum Gasteiger partial charge on any atom is -0.484 e. The molecule has 0 fully saturated rings. The molecule has 0 aliphatic carbocycles. The minimum atomic E-state index is -1.05. The average molecular weight is 344 g/mol. The van der Waals surface area contributed by atoms with E-state index in [9.17, 15) is 14.7 Å². The number of esters is 1. The number of hydrogen-bond acceptors (Lipinski definition) is 6. The van der Waals surface area contributed by atoms with E-state index in [-0.39, 0.29) is 0 Å². The molecule has 2 atom stereocenters. The summed E-state index contributed by atoms with van der Waals surface area (Å²) >= 11 is 0. The highest BCUT2D eigenvalue weighted by atomic mass is 16.6. The Balaban J connectivity index is 2.14. The molecule has 1 N–H and O–H groups in total. The Kier molecular flexibility index (Phi) is 4.16. The van der Waals surface area contributed by atoms with Crippen LogP contribution in [0.1, 0.15) is 39.4 Å². The second kappa shape index (κ2) is 6.04. The highest BCUT2D eigenvalue weighted by Crippen LogP contribution is 2.43. The summed E-state index contributed by atoms with van der Waals surface area (Å²) in [7, 11) is 0. The standard InChI is InChI=1S/C19H20O6/c1-5-10(2)18(22)24-16-12-8-11-6-7-15(20)23-13(11)9-14(12)25-19(3,4)17(16)21/h5-9,16-17,21H,1-4H3/t16-,17-/m0/s1. The van der Waals surface area contributed by atoms with Crippen molar-refractivity contribution in [3.8, 4) is 5.75 Å². The fraction of sp³-hybridized carbons (Fsp3) is 0.368. The van der Waals surface area contributed by atoms with Crippen molar-refractivity contribution in [3.63, 3.8) is 0 Å². The third kappa shape index (κ3) is 3.05. The van der Waals surface area contributed by atoms with Gasteiger partial charge in [0.25, 0.3) is 0 Å². The Labute approximate surface area is 144 Å². The quantitative estimate of drug-likeness (QED) is 0.512. The lowest BCUT2D eigenvalue weighted by Gasteiger charge is -2.41. The van der Waals surface area contributed by atoms with E-state index in [4.69, 9.17) is 13.9 Å². The molecule has 1 aromatic heterocycles. The molecule has 0 spiro atoms. The van der Waals surface area contributed by atoms with Crippen molar-refractivity contribution in [2.45, 2.75) is 45.5 Å². The summed E-state index contributed by atoms with van der Waals surface area (Å²) in [4.78, 5) is 23.6. The molecule has 1 aromatic carbocycles. The van der Waals surface area contributed by atoms with E-state index in [1.807, 2.05) is 0 Å². The molecule has 132 valence electrons. The summed E-state index contributed by atoms with van der Waals surface area (Å²) in [5, 5.41) is 11.3. The van der Waals surface area contributed by atoms with Gasteiger partial charge >= 0.3 is 11.6 Å². The van der Waals surface area contributed by atoms with Crippen LogP contribution in [0.3, 0.4) is 0 Å². The summed E-state index contributed by atoms with van der Waals surface area (Å²) in [5.74, 6) is -0.0945. The van der Waals surface area contributed by atoms with Crippen LogP contribution in [0.15, 0.2) is 45.1 Å². The number of ether oxygens (including phenoxy) is 2. The van der Waals surface area contributed by atoms with Crippen LogP contribution >= 0.6 is 0 Å². The van der Waals surface area contributed by atoms with E-state index >= 15 is 0 Å². The SMILES string of the molecule is CC=C(C)C(=O)O[C@H]1c2cc3ccc(=O)oc3cc2OC(C)(C)[C@H]1O. The van der Waals surface area contributed by atoms with Crippen molar-refractivity contribution in [1.29, 1.82) is 0 Å². The fourth-order valence-electron chi connectivity index (χ4n) is 2.76. The fourth-order valence-corrected chi connectivity index (χ4v) is 2.76. The second-order valence-electron chi connectivity index (χ2n) is 6.63. The molecular formula is C19H20O6. The van der Waals surface area contributed by atoms with Crippen molar-refractivity contribution in [1.82, 2.24) is 0 Å². The van der Waals surface area contributed by atoms with Crippen LogP contribution in [-0.2, 0) is 9.53 Å². The van der Waals surface area contributed by atoms with E-state index < -0.39 is 29.4 Å². The van der Waals surface area contributed by atoms with Gasteiger partial charge in [0.1, 0.15) is 23.0 Å². The Hall–Kier alpha value is -2.60. The van der Waals surface area contributed by atoms with Gasteiger partial charge < -0.3 is 19.0 Å². The van der Waals surface area contributed by atoms with Crippen LogP contribution in [0.4, 0.5) is 0 Å². The predicted molar refractivity (Wildman–Crippen MR) is 91.5 cm³/mol. The van der Waals surface area contributed by atoms with E-state index in [0.717, 1.165) is 0 Å². The van der Waals surface area contributed by atoms with Crippen LogP contribution < -0.4 is 10.4 Å². The summed E-state index contributed by atoms with van der Waals surface area (Å²) in [6, 6.07) is 6.21. The lowest BCUT2D eigenvalue weighted by Crippen LogP contribution is -2.49. The van der Waals surface area contributed by atoms with Gasteiger partial charge in [-0.2, -0.15) is 0 Å². The number of aliphatic hydroxyl groups excluding tert-OH is 1. The first-order chi connectivity index (χ1) is 11.7. The first kappa shape index (κ1) is 17.2. The number of allylic oxidation sites excluding steroid dienone is 1. The molecule has 1 aliphatic heterocycles. The maximum Gasteiger partial charge on any atom is 0.336 e. The maximum absolute atomic E-state index is 12.2. The van der Waals surface area contributed by atoms with Crippen LogP contribution in [0, 0.1) is 0 Å². The lowest BCUT2D eigenvalue weighted by atomic mass is 9.87. The first-order valence-corrected chi connectivity index (χ1v) is 8.01. The summed E-state index contributed by atoms with van der Waals surface area (Å²) in [5.41, 5.74) is -0.0949. The molecule has 0 radical (unpaired) electrons. The van der Waals surface area contributed by atoms with E-state index in [1.54, 1.807) is 52.0 Å². The molecule has 1 aliphatic rings. The summed E-state index contributed by atoms with van der Waals surface area (Å²) < 4.78 is 16.6. The largest absolute Gasteiger partial charge is 0.484 e. The normalized spacial score (nSPS) is 22.2. The number of hydrogen-bond donors (Lipinski definition) is 1. The minimum absolute atomic E-state index is 0.369. The van der Waals surface area contributed by atoms with E-state index in [0.29, 0.717) is 27.9 Å². The topological polar surface area (TPSA) is 86.0 Å². The molecule has 0 saturated carbocycles. The smallest absolute Gasteiger partial charge is 0.336 e. The number of benzene rings is 1. The lowest BCUT2D eigenvalue weighted by molar-refractivity contribution is -0.166. The van der Waals surface area contributed by atoms with Gasteiger partial charge in [-0.25, -0.2) is 9.59 Å². The van der Waals surface area contributed by atoms with Gasteiger partial charge in [-0.15, -0.1) is 0 Å². The summed E-state index contributed by atoms with van der Waals surface area (Å²) in [6.45, 7) is 6.80. The third-order valence-corrected chi connectivity index (χ3v) is 4.42. The van der Waals surface area contributed by atoms with Crippen molar-refractivity contribution in [2.75, 3.05) is 0 Å². The predicted octanol–water partition coefficient (Wildman–Crippen LogP) is 2.88. The number of fused-ring (bicyclic) bond motifs is 2. The molecule has 0 saturated heterocycles. The number of carbonyl (C=O) groups excluding carboxylic acids is 1. The zero-order valence-corrected chi connectivity index (χ0v) is 14.5. The van der Waals surface area contributed by atoms with Gasteiger partial charge in [0.2, 0.25) is 0 Å². The van der Waals surface area contributed by atoms with E-state index in [1.165, 1.54) is 6.07 Å². The first-order valence-electron chi connectivity index (χ1n) is 8.01. The highest BCUT2D eigenvalue weighted by Gasteiger charge is 2.45. The Bertz CT molecular complexity index is 921. The molecule has 3 rings (SSSR count). The van der Waals surface area contributed by atoms with Crippen LogP contribution in [0.5, 0.6) is 5.75 Å². The van der Waals surface area contributed by atoms with Crippen molar-refractivity contribution < 1.29 is 23.8 Å². The Morgan fingerprint density at radius 2 is 2.04 bits per heavy atom. The number of carbonyl (C=O) groups is 1. The second-order valence-corrected chi connectivity index (χ2v) is 6.63. The van der Waals surface area contributed by atoms with E-state index in [2.05, 4.69) is 0 Å². The highest BCUT2D eigenvalue weighted by molar-refractivity contribution is 5.88. The molecule has 6 nitrogen and oxygen atoms in total. The van der Waals surface area contributed by atoms with Crippen LogP contribution in [0.25, 0.3) is 11.0 Å². The monoisotopic (exact) mass is 344 g/mol.